The van der Waals surface area contributed by atoms with Crippen molar-refractivity contribution in [3.8, 4) is 0 Å². The van der Waals surface area contributed by atoms with Crippen LogP contribution in [-0.2, 0) is 21.5 Å². The summed E-state index contributed by atoms with van der Waals surface area (Å²) in [6, 6.07) is 26.3. The largest absolute Gasteiger partial charge is 0.333 e. The van der Waals surface area contributed by atoms with E-state index in [2.05, 4.69) is 5.32 Å². The predicted octanol–water partition coefficient (Wildman–Crippen LogP) is 3.63. The lowest BCUT2D eigenvalue weighted by Gasteiger charge is -2.30. The molecular formula is C27H25N3O3. The van der Waals surface area contributed by atoms with Gasteiger partial charge in [0.05, 0.1) is 6.04 Å². The van der Waals surface area contributed by atoms with Gasteiger partial charge in [-0.2, -0.15) is 0 Å². The van der Waals surface area contributed by atoms with Crippen molar-refractivity contribution in [2.45, 2.75) is 24.4 Å². The SMILES string of the molecule is CN(C(=O)CN1C(=O)N[C@@]2(CCc3ccccc32)C1=O)C(c1ccccc1)c1ccccc1. The van der Waals surface area contributed by atoms with E-state index in [1.165, 1.54) is 0 Å². The molecule has 1 N–H and O–H groups in total. The molecule has 4 amide bonds. The minimum absolute atomic E-state index is 0.304. The van der Waals surface area contributed by atoms with Crippen molar-refractivity contribution in [3.05, 3.63) is 107 Å². The Morgan fingerprint density at radius 1 is 0.939 bits per heavy atom. The average molecular weight is 440 g/mol. The molecule has 1 aliphatic heterocycles. The first-order valence-corrected chi connectivity index (χ1v) is 11.1. The molecule has 3 aromatic carbocycles. The number of aryl methyl sites for hydroxylation is 1. The molecule has 3 aromatic rings. The summed E-state index contributed by atoms with van der Waals surface area (Å²) in [7, 11) is 1.71. The van der Waals surface area contributed by atoms with Gasteiger partial charge in [-0.15, -0.1) is 0 Å². The number of benzene rings is 3. The lowest BCUT2D eigenvalue weighted by Crippen LogP contribution is -2.45. The summed E-state index contributed by atoms with van der Waals surface area (Å²) < 4.78 is 0. The van der Waals surface area contributed by atoms with E-state index < -0.39 is 11.6 Å². The molecular weight excluding hydrogens is 414 g/mol. The van der Waals surface area contributed by atoms with Crippen molar-refractivity contribution in [3.63, 3.8) is 0 Å². The minimum Gasteiger partial charge on any atom is -0.333 e. The Hall–Kier alpha value is -3.93. The van der Waals surface area contributed by atoms with E-state index in [0.29, 0.717) is 12.8 Å². The van der Waals surface area contributed by atoms with Crippen LogP contribution in [0.5, 0.6) is 0 Å². The number of hydrogen-bond acceptors (Lipinski definition) is 3. The molecule has 166 valence electrons. The third-order valence-corrected chi connectivity index (χ3v) is 6.73. The van der Waals surface area contributed by atoms with Crippen LogP contribution in [0.3, 0.4) is 0 Å². The summed E-state index contributed by atoms with van der Waals surface area (Å²) in [4.78, 5) is 42.3. The fourth-order valence-electron chi connectivity index (χ4n) is 5.03. The van der Waals surface area contributed by atoms with Crippen LogP contribution in [-0.4, -0.2) is 41.2 Å². The van der Waals surface area contributed by atoms with Gasteiger partial charge in [0.1, 0.15) is 12.1 Å². The quantitative estimate of drug-likeness (QED) is 0.618. The molecule has 5 rings (SSSR count). The summed E-state index contributed by atoms with van der Waals surface area (Å²) in [6.45, 7) is -0.304. The van der Waals surface area contributed by atoms with Crippen LogP contribution in [0.15, 0.2) is 84.9 Å². The van der Waals surface area contributed by atoms with Gasteiger partial charge in [0.15, 0.2) is 0 Å². The fourth-order valence-corrected chi connectivity index (χ4v) is 5.03. The molecule has 1 fully saturated rings. The number of hydrogen-bond donors (Lipinski definition) is 1. The third-order valence-electron chi connectivity index (χ3n) is 6.73. The van der Waals surface area contributed by atoms with E-state index in [-0.39, 0.29) is 24.4 Å². The third kappa shape index (κ3) is 3.48. The van der Waals surface area contributed by atoms with E-state index in [4.69, 9.17) is 0 Å². The van der Waals surface area contributed by atoms with Gasteiger partial charge in [0, 0.05) is 7.05 Å². The van der Waals surface area contributed by atoms with Crippen LogP contribution < -0.4 is 5.32 Å². The molecule has 0 aromatic heterocycles. The zero-order valence-electron chi connectivity index (χ0n) is 18.4. The molecule has 0 saturated carbocycles. The van der Waals surface area contributed by atoms with Crippen LogP contribution in [0.1, 0.15) is 34.7 Å². The summed E-state index contributed by atoms with van der Waals surface area (Å²) in [6.07, 6.45) is 1.22. The molecule has 1 atom stereocenters. The van der Waals surface area contributed by atoms with Gasteiger partial charge >= 0.3 is 6.03 Å². The molecule has 33 heavy (non-hydrogen) atoms. The van der Waals surface area contributed by atoms with E-state index in [9.17, 15) is 14.4 Å². The highest BCUT2D eigenvalue weighted by molar-refractivity contribution is 6.10. The molecule has 0 radical (unpaired) electrons. The number of fused-ring (bicyclic) bond motifs is 2. The summed E-state index contributed by atoms with van der Waals surface area (Å²) in [5.74, 6) is -0.658. The number of urea groups is 1. The number of rotatable bonds is 5. The van der Waals surface area contributed by atoms with Gasteiger partial charge in [-0.05, 0) is 35.1 Å². The number of carbonyl (C=O) groups is 3. The number of carbonyl (C=O) groups excluding carboxylic acids is 3. The first-order valence-electron chi connectivity index (χ1n) is 11.1. The first kappa shape index (κ1) is 20.9. The highest BCUT2D eigenvalue weighted by Gasteiger charge is 2.55. The fraction of sp³-hybridized carbons (Fsp3) is 0.222. The van der Waals surface area contributed by atoms with Gasteiger partial charge < -0.3 is 10.2 Å². The van der Waals surface area contributed by atoms with E-state index in [1.807, 2.05) is 84.9 Å². The summed E-state index contributed by atoms with van der Waals surface area (Å²) >= 11 is 0. The van der Waals surface area contributed by atoms with Crippen LogP contribution in [0.25, 0.3) is 0 Å². The van der Waals surface area contributed by atoms with E-state index in [1.54, 1.807) is 11.9 Å². The average Bonchev–Trinajstić information content (AvgIpc) is 3.33. The number of likely N-dealkylation sites (N-methyl/N-ethyl adjacent to an activating group) is 1. The standard InChI is InChI=1S/C27H25N3O3/c1-29(24(20-11-4-2-5-12-20)21-13-6-3-7-14-21)23(31)18-30-25(32)27(28-26(30)33)17-16-19-10-8-9-15-22(19)27/h2-15,24H,16-18H2,1H3,(H,28,33)/t27-/m1/s1. The van der Waals surface area contributed by atoms with Crippen molar-refractivity contribution in [2.24, 2.45) is 0 Å². The summed E-state index contributed by atoms with van der Waals surface area (Å²) in [5, 5.41) is 2.89. The maximum absolute atomic E-state index is 13.4. The highest BCUT2D eigenvalue weighted by atomic mass is 16.2. The molecule has 2 aliphatic rings. The Kier molecular flexibility index (Phi) is 5.21. The minimum atomic E-state index is -1.06. The predicted molar refractivity (Wildman–Crippen MR) is 124 cm³/mol. The number of imide groups is 1. The monoisotopic (exact) mass is 439 g/mol. The smallest absolute Gasteiger partial charge is 0.325 e. The van der Waals surface area contributed by atoms with Gasteiger partial charge in [-0.3, -0.25) is 14.5 Å². The molecule has 1 spiro atoms. The van der Waals surface area contributed by atoms with Gasteiger partial charge in [-0.1, -0.05) is 84.9 Å². The Balaban J connectivity index is 1.41. The van der Waals surface area contributed by atoms with E-state index in [0.717, 1.165) is 27.2 Å². The molecule has 6 nitrogen and oxygen atoms in total. The molecule has 1 aliphatic carbocycles. The first-order chi connectivity index (χ1) is 16.0. The lowest BCUT2D eigenvalue weighted by atomic mass is 9.92. The Morgan fingerprint density at radius 2 is 1.52 bits per heavy atom. The molecule has 0 bridgehead atoms. The van der Waals surface area contributed by atoms with Gasteiger partial charge in [0.2, 0.25) is 5.91 Å². The van der Waals surface area contributed by atoms with E-state index >= 15 is 0 Å². The van der Waals surface area contributed by atoms with Crippen LogP contribution >= 0.6 is 0 Å². The van der Waals surface area contributed by atoms with Crippen LogP contribution in [0, 0.1) is 0 Å². The lowest BCUT2D eigenvalue weighted by molar-refractivity contribution is -0.139. The second kappa shape index (κ2) is 8.20. The van der Waals surface area contributed by atoms with Crippen molar-refractivity contribution < 1.29 is 14.4 Å². The maximum Gasteiger partial charge on any atom is 0.325 e. The normalized spacial score (nSPS) is 19.2. The van der Waals surface area contributed by atoms with Crippen molar-refractivity contribution in [1.82, 2.24) is 15.1 Å². The van der Waals surface area contributed by atoms with Crippen LogP contribution in [0.2, 0.25) is 0 Å². The zero-order chi connectivity index (χ0) is 23.0. The van der Waals surface area contributed by atoms with Crippen molar-refractivity contribution in [1.29, 1.82) is 0 Å². The topological polar surface area (TPSA) is 69.7 Å². The Morgan fingerprint density at radius 3 is 2.15 bits per heavy atom. The Bertz CT molecular complexity index is 1170. The number of nitrogens with one attached hydrogen (secondary N) is 1. The molecule has 1 saturated heterocycles. The van der Waals surface area contributed by atoms with Gasteiger partial charge in [-0.25, -0.2) is 4.79 Å². The second-order valence-electron chi connectivity index (χ2n) is 8.61. The maximum atomic E-state index is 13.4. The molecule has 1 heterocycles. The van der Waals surface area contributed by atoms with Crippen LogP contribution in [0.4, 0.5) is 4.79 Å². The second-order valence-corrected chi connectivity index (χ2v) is 8.61. The van der Waals surface area contributed by atoms with Crippen molar-refractivity contribution >= 4 is 17.8 Å². The number of amides is 4. The van der Waals surface area contributed by atoms with Gasteiger partial charge in [0.25, 0.3) is 5.91 Å². The zero-order valence-corrected chi connectivity index (χ0v) is 18.4. The molecule has 0 unspecified atom stereocenters. The van der Waals surface area contributed by atoms with Crippen molar-refractivity contribution in [2.75, 3.05) is 13.6 Å². The molecule has 6 heteroatoms. The Labute approximate surface area is 192 Å². The highest BCUT2D eigenvalue weighted by Crippen LogP contribution is 2.41. The summed E-state index contributed by atoms with van der Waals surface area (Å²) in [5.41, 5.74) is 2.74. The number of nitrogens with zero attached hydrogens (tertiary/aromatic N) is 2.